The van der Waals surface area contributed by atoms with Crippen LogP contribution in [0.5, 0.6) is 0 Å². The van der Waals surface area contributed by atoms with Gasteiger partial charge in [0.25, 0.3) is 0 Å². The summed E-state index contributed by atoms with van der Waals surface area (Å²) >= 11 is -2.45. The smallest absolute Gasteiger partial charge is 0.177 e. The van der Waals surface area contributed by atoms with Gasteiger partial charge < -0.3 is 9.87 Å². The van der Waals surface area contributed by atoms with Gasteiger partial charge in [-0.25, -0.2) is 0 Å². The first-order valence-electron chi connectivity index (χ1n) is 3.38. The highest BCUT2D eigenvalue weighted by Gasteiger charge is 2.05. The largest absolute Gasteiger partial charge is 0.770 e. The minimum absolute atomic E-state index is 0.547. The monoisotopic (exact) mass is 196 g/mol. The van der Waals surface area contributed by atoms with Crippen molar-refractivity contribution in [3.63, 3.8) is 0 Å². The molecule has 6 heteroatoms. The predicted molar refractivity (Wildman–Crippen MR) is 46.2 cm³/mol. The van der Waals surface area contributed by atoms with Crippen molar-refractivity contribution < 1.29 is 8.76 Å². The van der Waals surface area contributed by atoms with Crippen molar-refractivity contribution in [2.75, 3.05) is 5.32 Å². The summed E-state index contributed by atoms with van der Waals surface area (Å²) < 4.78 is 20.9. The number of anilines is 1. The van der Waals surface area contributed by atoms with Crippen LogP contribution in [0.25, 0.3) is 0 Å². The van der Waals surface area contributed by atoms with E-state index in [1.165, 1.54) is 12.4 Å². The average molecular weight is 196 g/mol. The van der Waals surface area contributed by atoms with Crippen LogP contribution in [0, 0.1) is 11.3 Å². The molecule has 2 unspecified atom stereocenters. The highest BCUT2D eigenvalue weighted by atomic mass is 32.2. The van der Waals surface area contributed by atoms with Gasteiger partial charge in [0.15, 0.2) is 5.37 Å². The fourth-order valence-corrected chi connectivity index (χ4v) is 1.04. The number of hydrogen-bond donors (Lipinski definition) is 1. The number of nitriles is 1. The van der Waals surface area contributed by atoms with E-state index < -0.39 is 16.5 Å². The quantitative estimate of drug-likeness (QED) is 0.698. The number of hydrogen-bond acceptors (Lipinski definition) is 5. The van der Waals surface area contributed by atoms with E-state index in [9.17, 15) is 8.76 Å². The molecule has 0 saturated carbocycles. The van der Waals surface area contributed by atoms with Crippen LogP contribution in [0.3, 0.4) is 0 Å². The molecule has 0 aromatic carbocycles. The minimum Gasteiger partial charge on any atom is -0.770 e. The van der Waals surface area contributed by atoms with Gasteiger partial charge in [0, 0.05) is 18.1 Å². The third-order valence-corrected chi connectivity index (χ3v) is 1.90. The number of rotatable bonds is 3. The molecule has 0 radical (unpaired) electrons. The molecule has 1 N–H and O–H groups in total. The van der Waals surface area contributed by atoms with Gasteiger partial charge in [-0.1, -0.05) is 0 Å². The van der Waals surface area contributed by atoms with Crippen molar-refractivity contribution in [3.05, 3.63) is 24.5 Å². The molecule has 5 nitrogen and oxygen atoms in total. The van der Waals surface area contributed by atoms with Crippen LogP contribution in [0.2, 0.25) is 0 Å². The lowest BCUT2D eigenvalue weighted by Gasteiger charge is -2.14. The molecule has 0 saturated heterocycles. The average Bonchev–Trinajstić information content (AvgIpc) is 2.15. The maximum atomic E-state index is 10.4. The summed E-state index contributed by atoms with van der Waals surface area (Å²) in [7, 11) is 0. The number of nitrogens with one attached hydrogen (secondary N) is 1. The highest BCUT2D eigenvalue weighted by Crippen LogP contribution is 2.06. The molecule has 1 aromatic heterocycles. The number of pyridine rings is 1. The first-order chi connectivity index (χ1) is 6.24. The molecule has 0 aliphatic rings. The Bertz CT molecular complexity index is 335. The lowest BCUT2D eigenvalue weighted by molar-refractivity contribution is 0.533. The molecular formula is C7H6N3O2S-. The molecule has 0 aliphatic carbocycles. The summed E-state index contributed by atoms with van der Waals surface area (Å²) in [5.41, 5.74) is 0.547. The standard InChI is InChI=1S/C7H7N3O2S/c8-5-7(13(11)12)10-6-1-3-9-4-2-6/h1-4,7H,(H,9,10)(H,11,12)/p-1. The molecule has 1 heterocycles. The van der Waals surface area contributed by atoms with Gasteiger partial charge in [-0.15, -0.1) is 0 Å². The maximum absolute atomic E-state index is 10.4. The zero-order valence-electron chi connectivity index (χ0n) is 6.51. The first-order valence-corrected chi connectivity index (χ1v) is 4.52. The SMILES string of the molecule is N#CC(Nc1ccncc1)S(=O)[O-]. The molecule has 0 spiro atoms. The summed E-state index contributed by atoms with van der Waals surface area (Å²) in [4.78, 5) is 3.75. The van der Waals surface area contributed by atoms with E-state index in [0.717, 1.165) is 0 Å². The van der Waals surface area contributed by atoms with Crippen LogP contribution < -0.4 is 5.32 Å². The molecule has 1 aromatic rings. The molecule has 0 fully saturated rings. The van der Waals surface area contributed by atoms with Crippen molar-refractivity contribution in [1.82, 2.24) is 4.98 Å². The third-order valence-electron chi connectivity index (χ3n) is 1.29. The lowest BCUT2D eigenvalue weighted by Crippen LogP contribution is -2.22. The molecule has 68 valence electrons. The second-order valence-electron chi connectivity index (χ2n) is 2.15. The van der Waals surface area contributed by atoms with Gasteiger partial charge in [0.1, 0.15) is 6.07 Å². The van der Waals surface area contributed by atoms with Crippen molar-refractivity contribution in [1.29, 1.82) is 5.26 Å². The fraction of sp³-hybridized carbons (Fsp3) is 0.143. The summed E-state index contributed by atoms with van der Waals surface area (Å²) in [5, 5.41) is 9.73. The van der Waals surface area contributed by atoms with E-state index in [4.69, 9.17) is 5.26 Å². The Balaban J connectivity index is 2.69. The van der Waals surface area contributed by atoms with Gasteiger partial charge in [-0.05, 0) is 23.2 Å². The molecule has 13 heavy (non-hydrogen) atoms. The normalized spacial score (nSPS) is 14.2. The summed E-state index contributed by atoms with van der Waals surface area (Å²) in [6, 6.07) is 4.77. The molecule has 0 aliphatic heterocycles. The Hall–Kier alpha value is -1.45. The van der Waals surface area contributed by atoms with Crippen LogP contribution in [0.15, 0.2) is 24.5 Å². The van der Waals surface area contributed by atoms with Crippen molar-refractivity contribution in [2.24, 2.45) is 0 Å². The van der Waals surface area contributed by atoms with E-state index in [1.807, 2.05) is 0 Å². The number of nitrogens with zero attached hydrogens (tertiary/aromatic N) is 2. The minimum atomic E-state index is -2.45. The van der Waals surface area contributed by atoms with E-state index in [1.54, 1.807) is 18.2 Å². The van der Waals surface area contributed by atoms with Gasteiger partial charge in [-0.2, -0.15) is 5.26 Å². The second kappa shape index (κ2) is 4.54. The van der Waals surface area contributed by atoms with Crippen LogP contribution >= 0.6 is 0 Å². The van der Waals surface area contributed by atoms with Crippen molar-refractivity contribution >= 4 is 16.8 Å². The van der Waals surface area contributed by atoms with Gasteiger partial charge in [0.05, 0.1) is 0 Å². The zero-order valence-corrected chi connectivity index (χ0v) is 7.32. The van der Waals surface area contributed by atoms with Crippen molar-refractivity contribution in [3.8, 4) is 6.07 Å². The molecule has 2 atom stereocenters. The lowest BCUT2D eigenvalue weighted by atomic mass is 10.4. The van der Waals surface area contributed by atoms with E-state index in [-0.39, 0.29) is 0 Å². The molecule has 0 amide bonds. The summed E-state index contributed by atoms with van der Waals surface area (Å²) in [5.74, 6) is 0. The summed E-state index contributed by atoms with van der Waals surface area (Å²) in [6.45, 7) is 0. The van der Waals surface area contributed by atoms with E-state index in [2.05, 4.69) is 10.3 Å². The fourth-order valence-electron chi connectivity index (χ4n) is 0.723. The summed E-state index contributed by atoms with van der Waals surface area (Å²) in [6.07, 6.45) is 3.01. The number of aromatic nitrogens is 1. The topological polar surface area (TPSA) is 88.8 Å². The van der Waals surface area contributed by atoms with E-state index in [0.29, 0.717) is 5.69 Å². The first kappa shape index (κ1) is 9.64. The van der Waals surface area contributed by atoms with Crippen LogP contribution in [-0.4, -0.2) is 19.1 Å². The predicted octanol–water partition coefficient (Wildman–Crippen LogP) is 0.222. The Morgan fingerprint density at radius 3 is 2.69 bits per heavy atom. The Morgan fingerprint density at radius 2 is 2.23 bits per heavy atom. The Labute approximate surface area is 77.7 Å². The van der Waals surface area contributed by atoms with Gasteiger partial charge >= 0.3 is 0 Å². The van der Waals surface area contributed by atoms with E-state index >= 15 is 0 Å². The van der Waals surface area contributed by atoms with Crippen molar-refractivity contribution in [2.45, 2.75) is 5.37 Å². The zero-order chi connectivity index (χ0) is 9.68. The van der Waals surface area contributed by atoms with Gasteiger partial charge in [0.2, 0.25) is 0 Å². The van der Waals surface area contributed by atoms with Crippen LogP contribution in [0.4, 0.5) is 5.69 Å². The second-order valence-corrected chi connectivity index (χ2v) is 3.14. The molecule has 0 bridgehead atoms. The van der Waals surface area contributed by atoms with Crippen LogP contribution in [-0.2, 0) is 11.1 Å². The van der Waals surface area contributed by atoms with Gasteiger partial charge in [-0.3, -0.25) is 9.19 Å². The Kier molecular flexibility index (Phi) is 3.37. The third kappa shape index (κ3) is 2.82. The Morgan fingerprint density at radius 1 is 1.62 bits per heavy atom. The highest BCUT2D eigenvalue weighted by molar-refractivity contribution is 7.80. The van der Waals surface area contributed by atoms with Crippen LogP contribution in [0.1, 0.15) is 0 Å². The molecular weight excluding hydrogens is 190 g/mol. The molecule has 1 rings (SSSR count). The maximum Gasteiger partial charge on any atom is 0.177 e.